The van der Waals surface area contributed by atoms with Crippen molar-refractivity contribution in [2.75, 3.05) is 5.32 Å². The molecule has 0 bridgehead atoms. The van der Waals surface area contributed by atoms with Crippen molar-refractivity contribution in [2.24, 2.45) is 0 Å². The number of allylic oxidation sites excluding steroid dienone is 4. The fraction of sp³-hybridized carbons (Fsp3) is 0.0968. The first-order valence-electron chi connectivity index (χ1n) is 22.8. The maximum Gasteiger partial charge on any atom is 0.0722 e. The molecule has 0 fully saturated rings. The fourth-order valence-corrected chi connectivity index (χ4v) is 13.9. The van der Waals surface area contributed by atoms with Crippen molar-refractivity contribution >= 4 is 44.8 Å². The lowest BCUT2D eigenvalue weighted by atomic mass is 9.67. The average molecular weight is 834 g/mol. The van der Waals surface area contributed by atoms with Gasteiger partial charge in [-0.3, -0.25) is 0 Å². The molecule has 302 valence electrons. The van der Waals surface area contributed by atoms with Crippen LogP contribution in [0.3, 0.4) is 0 Å². The van der Waals surface area contributed by atoms with E-state index in [2.05, 4.69) is 224 Å². The molecule has 5 aliphatic carbocycles. The summed E-state index contributed by atoms with van der Waals surface area (Å²) in [6, 6.07) is 73.3. The van der Waals surface area contributed by atoms with Crippen molar-refractivity contribution in [2.45, 2.75) is 35.6 Å². The van der Waals surface area contributed by atoms with Crippen LogP contribution in [0.15, 0.2) is 212 Å². The van der Waals surface area contributed by atoms with Crippen LogP contribution in [0.5, 0.6) is 0 Å². The van der Waals surface area contributed by atoms with Crippen molar-refractivity contribution < 1.29 is 0 Å². The molecular weight excluding hydrogens is 791 g/mol. The molecule has 64 heavy (non-hydrogen) atoms. The number of thiophene rings is 1. The van der Waals surface area contributed by atoms with Crippen LogP contribution in [0.2, 0.25) is 0 Å². The second kappa shape index (κ2) is 13.6. The summed E-state index contributed by atoms with van der Waals surface area (Å²) in [4.78, 5) is 0. The third-order valence-corrected chi connectivity index (χ3v) is 16.4. The summed E-state index contributed by atoms with van der Waals surface area (Å²) in [6.45, 7) is 0. The summed E-state index contributed by atoms with van der Waals surface area (Å²) >= 11 is 1.91. The lowest BCUT2D eigenvalue weighted by Crippen LogP contribution is -2.36. The minimum absolute atomic E-state index is 0.00259. The second-order valence-electron chi connectivity index (χ2n) is 18.1. The maximum atomic E-state index is 4.28. The van der Waals surface area contributed by atoms with E-state index in [1.54, 1.807) is 0 Å². The zero-order valence-corrected chi connectivity index (χ0v) is 36.1. The third-order valence-electron chi connectivity index (χ3n) is 15.2. The molecule has 1 heterocycles. The van der Waals surface area contributed by atoms with Gasteiger partial charge in [0.05, 0.1) is 16.9 Å². The van der Waals surface area contributed by atoms with Gasteiger partial charge in [-0.1, -0.05) is 206 Å². The molecule has 1 N–H and O–H groups in total. The second-order valence-corrected chi connectivity index (χ2v) is 19.2. The predicted octanol–water partition coefficient (Wildman–Crippen LogP) is 13.5. The van der Waals surface area contributed by atoms with Gasteiger partial charge in [-0.15, -0.1) is 11.3 Å². The summed E-state index contributed by atoms with van der Waals surface area (Å²) < 4.78 is 2.68. The lowest BCUT2D eigenvalue weighted by Gasteiger charge is -2.34. The summed E-state index contributed by atoms with van der Waals surface area (Å²) in [7, 11) is 0. The molecule has 0 saturated heterocycles. The van der Waals surface area contributed by atoms with Gasteiger partial charge in [-0.25, -0.2) is 0 Å². The van der Waals surface area contributed by atoms with E-state index in [-0.39, 0.29) is 17.4 Å². The molecule has 0 saturated carbocycles. The molecule has 0 radical (unpaired) electrons. The van der Waals surface area contributed by atoms with Crippen LogP contribution >= 0.6 is 11.3 Å². The molecule has 0 amide bonds. The average Bonchev–Trinajstić information content (AvgIpc) is 4.07. The number of nitrogens with one attached hydrogen (secondary N) is 1. The van der Waals surface area contributed by atoms with E-state index in [1.165, 1.54) is 109 Å². The third kappa shape index (κ3) is 4.73. The first-order chi connectivity index (χ1) is 31.7. The van der Waals surface area contributed by atoms with E-state index < -0.39 is 5.41 Å². The zero-order valence-electron chi connectivity index (χ0n) is 35.3. The predicted molar refractivity (Wildman–Crippen MR) is 267 cm³/mol. The molecule has 0 aliphatic heterocycles. The largest absolute Gasteiger partial charge is 0.377 e. The molecule has 3 atom stereocenters. The van der Waals surface area contributed by atoms with E-state index in [1.807, 2.05) is 11.3 Å². The Bertz CT molecular complexity index is 3560. The van der Waals surface area contributed by atoms with Crippen LogP contribution in [0.4, 0.5) is 5.69 Å². The van der Waals surface area contributed by atoms with Gasteiger partial charge in [0.2, 0.25) is 0 Å². The zero-order chi connectivity index (χ0) is 42.0. The van der Waals surface area contributed by atoms with Crippen LogP contribution in [0.1, 0.15) is 68.8 Å². The molecule has 8 aromatic carbocycles. The van der Waals surface area contributed by atoms with Crippen molar-refractivity contribution in [3.05, 3.63) is 272 Å². The van der Waals surface area contributed by atoms with Crippen LogP contribution in [0, 0.1) is 0 Å². The van der Waals surface area contributed by atoms with Gasteiger partial charge >= 0.3 is 0 Å². The highest BCUT2D eigenvalue weighted by Gasteiger charge is 2.53. The minimum Gasteiger partial charge on any atom is -0.377 e. The normalized spacial score (nSPS) is 20.1. The van der Waals surface area contributed by atoms with E-state index >= 15 is 0 Å². The smallest absolute Gasteiger partial charge is 0.0722 e. The molecule has 1 aromatic heterocycles. The van der Waals surface area contributed by atoms with Gasteiger partial charge in [0.15, 0.2) is 0 Å². The Hall–Kier alpha value is -7.26. The maximum absolute atomic E-state index is 4.28. The highest BCUT2D eigenvalue weighted by atomic mass is 32.1. The first-order valence-corrected chi connectivity index (χ1v) is 23.6. The van der Waals surface area contributed by atoms with E-state index in [0.29, 0.717) is 0 Å². The molecule has 9 aromatic rings. The molecular formula is C62H43NS. The van der Waals surface area contributed by atoms with Crippen molar-refractivity contribution in [3.8, 4) is 22.3 Å². The Morgan fingerprint density at radius 2 is 1.08 bits per heavy atom. The number of hydrogen-bond acceptors (Lipinski definition) is 2. The fourth-order valence-electron chi connectivity index (χ4n) is 12.8. The lowest BCUT2D eigenvalue weighted by molar-refractivity contribution is 0.763. The van der Waals surface area contributed by atoms with Gasteiger partial charge < -0.3 is 5.32 Å². The van der Waals surface area contributed by atoms with Gasteiger partial charge in [0, 0.05) is 31.8 Å². The summed E-state index contributed by atoms with van der Waals surface area (Å²) in [5.41, 5.74) is 20.8. The van der Waals surface area contributed by atoms with Gasteiger partial charge in [0.25, 0.3) is 0 Å². The van der Waals surface area contributed by atoms with Crippen LogP contribution in [-0.4, -0.2) is 6.04 Å². The number of fused-ring (bicyclic) bond motifs is 15. The molecule has 14 rings (SSSR count). The summed E-state index contributed by atoms with van der Waals surface area (Å²) in [5.74, 6) is 0.0923. The minimum atomic E-state index is -0.429. The Morgan fingerprint density at radius 3 is 1.83 bits per heavy atom. The Balaban J connectivity index is 0.941. The topological polar surface area (TPSA) is 12.0 Å². The highest BCUT2D eigenvalue weighted by molar-refractivity contribution is 7.17. The van der Waals surface area contributed by atoms with Gasteiger partial charge in [0.1, 0.15) is 0 Å². The number of benzene rings is 8. The Labute approximate surface area is 377 Å². The quantitative estimate of drug-likeness (QED) is 0.182. The first kappa shape index (κ1) is 36.2. The highest BCUT2D eigenvalue weighted by Crippen LogP contribution is 2.64. The standard InChI is InChI=1S/C62H43NS/c1-2-17-40(18-3-1)61(50-25-10-4-19-42(50)43-20-5-11-26-51(43)61)41-35-33-39(34-36-41)48-38-59-49(46-23-9-15-32-58(46)64-59)37-57(48)63-56-31-16-30-55-60(56)47-24-8-14-29-54(47)62(55)52-27-12-6-21-44(52)45-22-7-13-28-53(45)62/h1-6,8-21,23-38,48,57,63H,7,22H2. The molecule has 1 nitrogen and oxygen atoms in total. The Morgan fingerprint density at radius 1 is 0.484 bits per heavy atom. The van der Waals surface area contributed by atoms with Gasteiger partial charge in [-0.05, 0) is 108 Å². The van der Waals surface area contributed by atoms with E-state index in [9.17, 15) is 0 Å². The molecule has 5 aliphatic rings. The monoisotopic (exact) mass is 833 g/mol. The molecule has 2 heteroatoms. The van der Waals surface area contributed by atoms with Gasteiger partial charge in [-0.2, -0.15) is 0 Å². The van der Waals surface area contributed by atoms with Crippen LogP contribution < -0.4 is 15.1 Å². The van der Waals surface area contributed by atoms with Crippen LogP contribution in [-0.2, 0) is 10.8 Å². The van der Waals surface area contributed by atoms with Crippen LogP contribution in [0.25, 0.3) is 50.1 Å². The molecule has 3 unspecified atom stereocenters. The Kier molecular flexibility index (Phi) is 7.71. The molecule has 1 spiro atoms. The van der Waals surface area contributed by atoms with Crippen molar-refractivity contribution in [1.82, 2.24) is 0 Å². The van der Waals surface area contributed by atoms with E-state index in [4.69, 9.17) is 0 Å². The SMILES string of the molecule is C1=CC2=C(CC1)c1ccccc1C21c2ccccc2-c2c(NC3C=c4c(sc5ccccc45)=CC3c3ccc(C4(c5ccccc5)c5ccccc5-c5ccccc54)cc3)cccc21. The number of anilines is 1. The van der Waals surface area contributed by atoms with Crippen molar-refractivity contribution in [1.29, 1.82) is 0 Å². The summed E-state index contributed by atoms with van der Waals surface area (Å²) in [5, 5.41) is 6.95. The van der Waals surface area contributed by atoms with Crippen molar-refractivity contribution in [3.63, 3.8) is 0 Å². The number of rotatable bonds is 5. The number of hydrogen-bond donors (Lipinski definition) is 1. The summed E-state index contributed by atoms with van der Waals surface area (Å²) in [6.07, 6.45) is 12.1. The van der Waals surface area contributed by atoms with E-state index in [0.717, 1.165) is 12.8 Å².